The van der Waals surface area contributed by atoms with Crippen LogP contribution >= 0.6 is 0 Å². The minimum atomic E-state index is -2.95. The quantitative estimate of drug-likeness (QED) is 0.874. The van der Waals surface area contributed by atoms with Crippen molar-refractivity contribution in [3.63, 3.8) is 0 Å². The Bertz CT molecular complexity index is 905. The van der Waals surface area contributed by atoms with Gasteiger partial charge < -0.3 is 10.6 Å². The number of nitrogens with one attached hydrogen (secondary N) is 2. The zero-order valence-electron chi connectivity index (χ0n) is 13.2. The summed E-state index contributed by atoms with van der Waals surface area (Å²) >= 11 is 0. The topological polar surface area (TPSA) is 108 Å². The largest absolute Gasteiger partial charge is 0.366 e. The molecular weight excluding hydrogens is 326 g/mol. The van der Waals surface area contributed by atoms with Crippen LogP contribution in [0.25, 0.3) is 0 Å². The summed E-state index contributed by atoms with van der Waals surface area (Å²) in [5.41, 5.74) is 1.18. The van der Waals surface area contributed by atoms with Gasteiger partial charge in [-0.3, -0.25) is 0 Å². The molecule has 2 N–H and O–H groups in total. The number of benzene rings is 1. The summed E-state index contributed by atoms with van der Waals surface area (Å²) in [6.07, 6.45) is 0.575. The zero-order valence-corrected chi connectivity index (χ0v) is 14.0. The van der Waals surface area contributed by atoms with Crippen LogP contribution in [-0.2, 0) is 9.84 Å². The minimum absolute atomic E-state index is 0.121. The number of hydrogen-bond donors (Lipinski definition) is 2. The van der Waals surface area contributed by atoms with E-state index in [4.69, 9.17) is 5.26 Å². The molecular formula is C16H17N5O2S. The van der Waals surface area contributed by atoms with Crippen molar-refractivity contribution in [1.82, 2.24) is 9.97 Å². The van der Waals surface area contributed by atoms with Crippen molar-refractivity contribution in [3.8, 4) is 6.07 Å². The van der Waals surface area contributed by atoms with Crippen LogP contribution in [0.5, 0.6) is 0 Å². The Hall–Kier alpha value is -2.66. The van der Waals surface area contributed by atoms with E-state index in [2.05, 4.69) is 26.7 Å². The van der Waals surface area contributed by atoms with Crippen LogP contribution in [0.4, 0.5) is 17.3 Å². The Balaban J connectivity index is 1.80. The fraction of sp³-hybridized carbons (Fsp3) is 0.312. The van der Waals surface area contributed by atoms with Crippen LogP contribution in [-0.4, -0.2) is 35.9 Å². The average molecular weight is 343 g/mol. The number of sulfone groups is 1. The highest BCUT2D eigenvalue weighted by Crippen LogP contribution is 2.22. The van der Waals surface area contributed by atoms with Crippen molar-refractivity contribution in [2.45, 2.75) is 19.4 Å². The molecule has 1 aliphatic heterocycles. The van der Waals surface area contributed by atoms with E-state index < -0.39 is 9.84 Å². The van der Waals surface area contributed by atoms with Gasteiger partial charge in [-0.2, -0.15) is 5.26 Å². The highest BCUT2D eigenvalue weighted by Gasteiger charge is 2.28. The standard InChI is InChI=1S/C16H17N5O2S/c1-11-18-15(20-13-6-7-24(22,23)10-13)8-16(19-11)21-14-5-3-2-4-12(14)9-17/h2-5,8,13H,6-7,10H2,1H3,(H2,18,19,20,21). The molecule has 1 unspecified atom stereocenters. The second-order valence-electron chi connectivity index (χ2n) is 5.71. The summed E-state index contributed by atoms with van der Waals surface area (Å²) in [6, 6.07) is 10.8. The van der Waals surface area contributed by atoms with Crippen molar-refractivity contribution in [2.24, 2.45) is 0 Å². The SMILES string of the molecule is Cc1nc(Nc2ccccc2C#N)cc(NC2CCS(=O)(=O)C2)n1. The van der Waals surface area contributed by atoms with Gasteiger partial charge in [-0.25, -0.2) is 18.4 Å². The first kappa shape index (κ1) is 16.2. The Labute approximate surface area is 140 Å². The minimum Gasteiger partial charge on any atom is -0.366 e. The molecule has 0 saturated carbocycles. The van der Waals surface area contributed by atoms with E-state index >= 15 is 0 Å². The second-order valence-corrected chi connectivity index (χ2v) is 7.94. The first-order valence-corrected chi connectivity index (χ1v) is 9.36. The second kappa shape index (κ2) is 6.45. The molecule has 2 heterocycles. The summed E-state index contributed by atoms with van der Waals surface area (Å²) in [7, 11) is -2.95. The third kappa shape index (κ3) is 3.81. The lowest BCUT2D eigenvalue weighted by Crippen LogP contribution is -2.21. The third-order valence-corrected chi connectivity index (χ3v) is 5.50. The number of nitrogens with zero attached hydrogens (tertiary/aromatic N) is 3. The van der Waals surface area contributed by atoms with Crippen LogP contribution in [0.2, 0.25) is 0 Å². The van der Waals surface area contributed by atoms with E-state index in [1.807, 2.05) is 6.07 Å². The van der Waals surface area contributed by atoms with Crippen molar-refractivity contribution in [3.05, 3.63) is 41.7 Å². The van der Waals surface area contributed by atoms with E-state index in [1.165, 1.54) is 0 Å². The Morgan fingerprint density at radius 2 is 2.00 bits per heavy atom. The van der Waals surface area contributed by atoms with Gasteiger partial charge in [-0.1, -0.05) is 12.1 Å². The van der Waals surface area contributed by atoms with E-state index in [1.54, 1.807) is 31.2 Å². The molecule has 1 atom stereocenters. The molecule has 24 heavy (non-hydrogen) atoms. The first-order chi connectivity index (χ1) is 11.4. The number of rotatable bonds is 4. The molecule has 3 rings (SSSR count). The fourth-order valence-electron chi connectivity index (χ4n) is 2.65. The van der Waals surface area contributed by atoms with Crippen LogP contribution in [0.1, 0.15) is 17.8 Å². The molecule has 0 aliphatic carbocycles. The van der Waals surface area contributed by atoms with Crippen molar-refractivity contribution >= 4 is 27.2 Å². The van der Waals surface area contributed by atoms with E-state index in [9.17, 15) is 8.42 Å². The van der Waals surface area contributed by atoms with E-state index in [0.29, 0.717) is 35.1 Å². The van der Waals surface area contributed by atoms with Gasteiger partial charge in [0, 0.05) is 12.1 Å². The van der Waals surface area contributed by atoms with Crippen LogP contribution in [0.15, 0.2) is 30.3 Å². The third-order valence-electron chi connectivity index (χ3n) is 3.73. The van der Waals surface area contributed by atoms with Crippen LogP contribution in [0.3, 0.4) is 0 Å². The lowest BCUT2D eigenvalue weighted by atomic mass is 10.2. The number of hydrogen-bond acceptors (Lipinski definition) is 7. The molecule has 1 aromatic carbocycles. The van der Waals surface area contributed by atoms with Crippen molar-refractivity contribution in [2.75, 3.05) is 22.1 Å². The Morgan fingerprint density at radius 3 is 2.71 bits per heavy atom. The van der Waals surface area contributed by atoms with Gasteiger partial charge in [0.1, 0.15) is 23.5 Å². The molecule has 124 valence electrons. The molecule has 1 aliphatic rings. The average Bonchev–Trinajstić information content (AvgIpc) is 2.86. The molecule has 1 aromatic heterocycles. The number of nitriles is 1. The monoisotopic (exact) mass is 343 g/mol. The number of para-hydroxylation sites is 1. The lowest BCUT2D eigenvalue weighted by Gasteiger charge is -2.14. The highest BCUT2D eigenvalue weighted by molar-refractivity contribution is 7.91. The van der Waals surface area contributed by atoms with Gasteiger partial charge in [-0.15, -0.1) is 0 Å². The van der Waals surface area contributed by atoms with Gasteiger partial charge in [0.2, 0.25) is 0 Å². The Kier molecular flexibility index (Phi) is 4.36. The van der Waals surface area contributed by atoms with Crippen LogP contribution in [0, 0.1) is 18.3 Å². The maximum absolute atomic E-state index is 11.6. The maximum Gasteiger partial charge on any atom is 0.152 e. The highest BCUT2D eigenvalue weighted by atomic mass is 32.2. The normalized spacial score (nSPS) is 18.8. The fourth-order valence-corrected chi connectivity index (χ4v) is 4.32. The first-order valence-electron chi connectivity index (χ1n) is 7.54. The molecule has 0 radical (unpaired) electrons. The molecule has 0 bridgehead atoms. The van der Waals surface area contributed by atoms with Crippen molar-refractivity contribution in [1.29, 1.82) is 5.26 Å². The van der Waals surface area contributed by atoms with Gasteiger partial charge in [-0.05, 0) is 25.5 Å². The molecule has 0 amide bonds. The van der Waals surface area contributed by atoms with Gasteiger partial charge in [0.15, 0.2) is 9.84 Å². The summed E-state index contributed by atoms with van der Waals surface area (Å²) in [4.78, 5) is 8.63. The van der Waals surface area contributed by atoms with Crippen molar-refractivity contribution < 1.29 is 8.42 Å². The smallest absolute Gasteiger partial charge is 0.152 e. The number of aryl methyl sites for hydroxylation is 1. The number of anilines is 3. The molecule has 0 spiro atoms. The summed E-state index contributed by atoms with van der Waals surface area (Å²) in [5, 5.41) is 15.4. The Morgan fingerprint density at radius 1 is 1.25 bits per heavy atom. The zero-order chi connectivity index (χ0) is 17.2. The molecule has 1 saturated heterocycles. The predicted octanol–water partition coefficient (Wildman–Crippen LogP) is 2.00. The predicted molar refractivity (Wildman–Crippen MR) is 91.9 cm³/mol. The molecule has 2 aromatic rings. The van der Waals surface area contributed by atoms with E-state index in [0.717, 1.165) is 0 Å². The summed E-state index contributed by atoms with van der Waals surface area (Å²) in [6.45, 7) is 1.76. The molecule has 8 heteroatoms. The summed E-state index contributed by atoms with van der Waals surface area (Å²) in [5.74, 6) is 2.00. The molecule has 1 fully saturated rings. The van der Waals surface area contributed by atoms with Crippen LogP contribution < -0.4 is 10.6 Å². The van der Waals surface area contributed by atoms with Gasteiger partial charge in [0.25, 0.3) is 0 Å². The van der Waals surface area contributed by atoms with E-state index in [-0.39, 0.29) is 17.5 Å². The molecule has 7 nitrogen and oxygen atoms in total. The number of aromatic nitrogens is 2. The lowest BCUT2D eigenvalue weighted by molar-refractivity contribution is 0.602. The van der Waals surface area contributed by atoms with Gasteiger partial charge >= 0.3 is 0 Å². The van der Waals surface area contributed by atoms with Gasteiger partial charge in [0.05, 0.1) is 22.8 Å². The summed E-state index contributed by atoms with van der Waals surface area (Å²) < 4.78 is 23.1. The maximum atomic E-state index is 11.6.